The molecule has 0 aromatic carbocycles. The van der Waals surface area contributed by atoms with Crippen molar-refractivity contribution >= 4 is 8.32 Å². The van der Waals surface area contributed by atoms with Gasteiger partial charge in [0.1, 0.15) is 0 Å². The van der Waals surface area contributed by atoms with E-state index in [0.29, 0.717) is 0 Å². The van der Waals surface area contributed by atoms with Gasteiger partial charge in [-0.25, -0.2) is 0 Å². The Balaban J connectivity index is 4.01. The second kappa shape index (κ2) is 17.1. The van der Waals surface area contributed by atoms with Crippen molar-refractivity contribution in [3.8, 4) is 0 Å². The Morgan fingerprint density at radius 2 is 0.852 bits per heavy atom. The molecule has 0 spiro atoms. The fourth-order valence-electron chi connectivity index (χ4n) is 4.71. The van der Waals surface area contributed by atoms with E-state index in [9.17, 15) is 0 Å². The zero-order valence-electron chi connectivity index (χ0n) is 20.2. The first-order valence-electron chi connectivity index (χ1n) is 12.4. The molecule has 0 N–H and O–H groups in total. The summed E-state index contributed by atoms with van der Waals surface area (Å²) < 4.78 is 6.78. The van der Waals surface area contributed by atoms with Crippen molar-refractivity contribution in [2.24, 2.45) is 17.8 Å². The van der Waals surface area contributed by atoms with E-state index in [4.69, 9.17) is 4.43 Å². The van der Waals surface area contributed by atoms with E-state index in [0.717, 1.165) is 24.4 Å². The smallest absolute Gasteiger partial charge is 0.193 e. The van der Waals surface area contributed by atoms with Gasteiger partial charge >= 0.3 is 0 Å². The van der Waals surface area contributed by atoms with E-state index in [1.807, 2.05) is 0 Å². The summed E-state index contributed by atoms with van der Waals surface area (Å²) in [5.74, 6) is 2.31. The summed E-state index contributed by atoms with van der Waals surface area (Å²) in [7, 11) is -1.58. The molecule has 0 heterocycles. The SMILES string of the molecule is CCCCCCCCCCCCCO[Si](CC(C)C)(CC(C)C)CC(C)C. The van der Waals surface area contributed by atoms with Gasteiger partial charge in [0.05, 0.1) is 0 Å². The minimum atomic E-state index is -1.58. The van der Waals surface area contributed by atoms with Crippen molar-refractivity contribution in [1.29, 1.82) is 0 Å². The molecule has 0 aliphatic rings. The summed E-state index contributed by atoms with van der Waals surface area (Å²) in [6.45, 7) is 17.6. The second-order valence-electron chi connectivity index (χ2n) is 10.4. The zero-order valence-corrected chi connectivity index (χ0v) is 21.2. The average molecular weight is 399 g/mol. The van der Waals surface area contributed by atoms with E-state index in [1.54, 1.807) is 0 Å². The molecule has 0 saturated heterocycles. The normalized spacial score (nSPS) is 12.7. The molecule has 0 atom stereocenters. The lowest BCUT2D eigenvalue weighted by molar-refractivity contribution is 0.273. The molecule has 164 valence electrons. The first-order valence-corrected chi connectivity index (χ1v) is 15.0. The molecule has 27 heavy (non-hydrogen) atoms. The molecule has 0 bridgehead atoms. The summed E-state index contributed by atoms with van der Waals surface area (Å²) in [6.07, 6.45) is 15.5. The maximum Gasteiger partial charge on any atom is 0.193 e. The molecule has 0 aliphatic carbocycles. The third-order valence-corrected chi connectivity index (χ3v) is 11.0. The Morgan fingerprint density at radius 3 is 1.19 bits per heavy atom. The summed E-state index contributed by atoms with van der Waals surface area (Å²) in [5.41, 5.74) is 0. The van der Waals surface area contributed by atoms with Gasteiger partial charge in [-0.1, -0.05) is 113 Å². The van der Waals surface area contributed by atoms with Gasteiger partial charge in [-0.2, -0.15) is 0 Å². The van der Waals surface area contributed by atoms with Gasteiger partial charge in [0.25, 0.3) is 0 Å². The average Bonchev–Trinajstić information content (AvgIpc) is 2.53. The maximum absolute atomic E-state index is 6.78. The number of hydrogen-bond donors (Lipinski definition) is 0. The van der Waals surface area contributed by atoms with Crippen molar-refractivity contribution in [1.82, 2.24) is 0 Å². The molecule has 0 aromatic heterocycles. The van der Waals surface area contributed by atoms with E-state index in [-0.39, 0.29) is 0 Å². The van der Waals surface area contributed by atoms with Gasteiger partial charge in [0, 0.05) is 6.61 Å². The first-order chi connectivity index (χ1) is 12.8. The molecule has 0 radical (unpaired) electrons. The minimum absolute atomic E-state index is 0.770. The second-order valence-corrected chi connectivity index (χ2v) is 14.2. The van der Waals surface area contributed by atoms with Crippen molar-refractivity contribution in [3.05, 3.63) is 0 Å². The fourth-order valence-corrected chi connectivity index (χ4v) is 10.6. The van der Waals surface area contributed by atoms with E-state index in [2.05, 4.69) is 48.5 Å². The summed E-state index contributed by atoms with van der Waals surface area (Å²) in [6, 6.07) is 4.05. The van der Waals surface area contributed by atoms with Crippen LogP contribution in [0, 0.1) is 17.8 Å². The van der Waals surface area contributed by atoms with Crippen LogP contribution in [0.1, 0.15) is 119 Å². The third-order valence-electron chi connectivity index (χ3n) is 5.50. The van der Waals surface area contributed by atoms with Crippen molar-refractivity contribution in [3.63, 3.8) is 0 Å². The van der Waals surface area contributed by atoms with Gasteiger partial charge in [-0.15, -0.1) is 0 Å². The van der Waals surface area contributed by atoms with Crippen LogP contribution in [0.4, 0.5) is 0 Å². The Hall–Kier alpha value is 0.177. The van der Waals surface area contributed by atoms with Crippen LogP contribution in [0.15, 0.2) is 0 Å². The lowest BCUT2D eigenvalue weighted by Crippen LogP contribution is -2.42. The van der Waals surface area contributed by atoms with Crippen molar-refractivity contribution in [2.45, 2.75) is 137 Å². The molecule has 0 aromatic rings. The zero-order chi connectivity index (χ0) is 20.5. The predicted molar refractivity (Wildman–Crippen MR) is 127 cm³/mol. The topological polar surface area (TPSA) is 9.23 Å². The van der Waals surface area contributed by atoms with Crippen LogP contribution in [-0.2, 0) is 4.43 Å². The van der Waals surface area contributed by atoms with E-state index >= 15 is 0 Å². The van der Waals surface area contributed by atoms with Gasteiger partial charge in [-0.3, -0.25) is 0 Å². The number of rotatable bonds is 19. The third kappa shape index (κ3) is 16.8. The minimum Gasteiger partial charge on any atom is -0.417 e. The molecule has 0 rings (SSSR count). The molecule has 0 aliphatic heterocycles. The maximum atomic E-state index is 6.78. The number of unbranched alkanes of at least 4 members (excludes halogenated alkanes) is 10. The van der Waals surface area contributed by atoms with Crippen LogP contribution < -0.4 is 0 Å². The molecule has 1 nitrogen and oxygen atoms in total. The van der Waals surface area contributed by atoms with Crippen LogP contribution in [-0.4, -0.2) is 14.9 Å². The van der Waals surface area contributed by atoms with Crippen LogP contribution in [0.2, 0.25) is 18.1 Å². The Labute approximate surface area is 174 Å². The molecule has 2 heteroatoms. The highest BCUT2D eigenvalue weighted by molar-refractivity contribution is 6.74. The molecule has 0 amide bonds. The van der Waals surface area contributed by atoms with Crippen LogP contribution >= 0.6 is 0 Å². The van der Waals surface area contributed by atoms with Gasteiger partial charge in [0.15, 0.2) is 8.32 Å². The molecular formula is C25H54OSi. The largest absolute Gasteiger partial charge is 0.417 e. The van der Waals surface area contributed by atoms with Crippen LogP contribution in [0.5, 0.6) is 0 Å². The Bertz CT molecular complexity index is 285. The lowest BCUT2D eigenvalue weighted by Gasteiger charge is -2.36. The molecule has 0 unspecified atom stereocenters. The molecule has 0 saturated carbocycles. The predicted octanol–water partition coefficient (Wildman–Crippen LogP) is 9.23. The lowest BCUT2D eigenvalue weighted by atomic mass is 10.1. The number of hydrogen-bond acceptors (Lipinski definition) is 1. The van der Waals surface area contributed by atoms with Crippen molar-refractivity contribution < 1.29 is 4.43 Å². The van der Waals surface area contributed by atoms with E-state index < -0.39 is 8.32 Å². The van der Waals surface area contributed by atoms with Gasteiger partial charge < -0.3 is 4.43 Å². The summed E-state index contributed by atoms with van der Waals surface area (Å²) >= 11 is 0. The van der Waals surface area contributed by atoms with Gasteiger partial charge in [0.2, 0.25) is 0 Å². The quantitative estimate of drug-likeness (QED) is 0.155. The highest BCUT2D eigenvalue weighted by atomic mass is 28.4. The Morgan fingerprint density at radius 1 is 0.519 bits per heavy atom. The van der Waals surface area contributed by atoms with Crippen molar-refractivity contribution in [2.75, 3.05) is 6.61 Å². The van der Waals surface area contributed by atoms with Gasteiger partial charge in [-0.05, 0) is 42.3 Å². The highest BCUT2D eigenvalue weighted by Crippen LogP contribution is 2.33. The van der Waals surface area contributed by atoms with Crippen LogP contribution in [0.3, 0.4) is 0 Å². The van der Waals surface area contributed by atoms with Crippen LogP contribution in [0.25, 0.3) is 0 Å². The Kier molecular flexibility index (Phi) is 17.2. The standard InChI is InChI=1S/C25H54OSi/c1-8-9-10-11-12-13-14-15-16-17-18-19-26-27(20-23(2)3,21-24(4)5)22-25(6)7/h23-25H,8-22H2,1-7H3. The molecule has 0 fully saturated rings. The van der Waals surface area contributed by atoms with E-state index in [1.165, 1.54) is 88.8 Å². The highest BCUT2D eigenvalue weighted by Gasteiger charge is 2.36. The monoisotopic (exact) mass is 398 g/mol. The fraction of sp³-hybridized carbons (Fsp3) is 1.00. The summed E-state index contributed by atoms with van der Waals surface area (Å²) in [4.78, 5) is 0. The molecular weight excluding hydrogens is 344 g/mol. The summed E-state index contributed by atoms with van der Waals surface area (Å²) in [5, 5.41) is 0. The first kappa shape index (κ1) is 27.2.